The quantitative estimate of drug-likeness (QED) is 0.505. The van der Waals surface area contributed by atoms with E-state index in [0.29, 0.717) is 16.0 Å². The number of urea groups is 1. The fourth-order valence-corrected chi connectivity index (χ4v) is 3.47. The zero-order chi connectivity index (χ0) is 19.6. The van der Waals surface area contributed by atoms with E-state index in [1.165, 1.54) is 12.1 Å². The van der Waals surface area contributed by atoms with Crippen molar-refractivity contribution in [3.05, 3.63) is 80.8 Å². The Labute approximate surface area is 170 Å². The monoisotopic (exact) mass is 449 g/mol. The third-order valence-corrected chi connectivity index (χ3v) is 4.95. The minimum atomic E-state index is -0.501. The molecule has 0 saturated heterocycles. The number of carbonyl (C=O) groups excluding carboxylic acids is 1. The van der Waals surface area contributed by atoms with Crippen molar-refractivity contribution in [1.82, 2.24) is 9.88 Å². The lowest BCUT2D eigenvalue weighted by Gasteiger charge is -2.11. The minimum Gasteiger partial charge on any atom is -0.334 e. The summed E-state index contributed by atoms with van der Waals surface area (Å²) in [5.74, 6) is -0.501. The number of hydrogen-bond acceptors (Lipinski definition) is 1. The van der Waals surface area contributed by atoms with Gasteiger partial charge in [-0.05, 0) is 61.9 Å². The molecule has 1 aromatic heterocycles. The van der Waals surface area contributed by atoms with Gasteiger partial charge in [0, 0.05) is 33.1 Å². The maximum atomic E-state index is 13.8. The molecule has 7 heteroatoms. The number of nitrogens with zero attached hydrogens (tertiary/aromatic N) is 1. The molecule has 3 rings (SSSR count). The van der Waals surface area contributed by atoms with Gasteiger partial charge in [0.05, 0.1) is 5.69 Å². The molecule has 0 atom stereocenters. The standard InChI is InChI=1S/C20H18BrClFN3O/c1-12-8-14(13(2)26(12)17-5-3-4-16(22)10-17)11-24-20(27)25-19-7-6-15(21)9-18(19)23/h3-10H,11H2,1-2H3,(H2,24,25,27). The van der Waals surface area contributed by atoms with E-state index in [1.54, 1.807) is 6.07 Å². The van der Waals surface area contributed by atoms with Crippen LogP contribution in [0.5, 0.6) is 0 Å². The van der Waals surface area contributed by atoms with Gasteiger partial charge in [0.25, 0.3) is 0 Å². The van der Waals surface area contributed by atoms with Crippen molar-refractivity contribution in [2.75, 3.05) is 5.32 Å². The van der Waals surface area contributed by atoms with Crippen molar-refractivity contribution in [2.24, 2.45) is 0 Å². The first-order valence-corrected chi connectivity index (χ1v) is 9.46. The van der Waals surface area contributed by atoms with Gasteiger partial charge in [0.1, 0.15) is 5.82 Å². The van der Waals surface area contributed by atoms with E-state index in [4.69, 9.17) is 11.6 Å². The van der Waals surface area contributed by atoms with Crippen LogP contribution in [0.1, 0.15) is 17.0 Å². The minimum absolute atomic E-state index is 0.125. The van der Waals surface area contributed by atoms with Crippen LogP contribution >= 0.6 is 27.5 Å². The molecule has 2 N–H and O–H groups in total. The molecule has 0 aliphatic carbocycles. The van der Waals surface area contributed by atoms with Gasteiger partial charge < -0.3 is 15.2 Å². The number of nitrogens with one attached hydrogen (secondary N) is 2. The summed E-state index contributed by atoms with van der Waals surface area (Å²) < 4.78 is 16.5. The second kappa shape index (κ2) is 8.15. The Hall–Kier alpha value is -2.31. The van der Waals surface area contributed by atoms with E-state index in [0.717, 1.165) is 22.6 Å². The maximum Gasteiger partial charge on any atom is 0.319 e. The number of aryl methyl sites for hydroxylation is 1. The van der Waals surface area contributed by atoms with E-state index in [9.17, 15) is 9.18 Å². The molecule has 140 valence electrons. The number of anilines is 1. The fourth-order valence-electron chi connectivity index (χ4n) is 2.95. The first kappa shape index (κ1) is 19.5. The number of benzene rings is 2. The molecular formula is C20H18BrClFN3O. The van der Waals surface area contributed by atoms with Crippen molar-refractivity contribution >= 4 is 39.2 Å². The lowest BCUT2D eigenvalue weighted by Crippen LogP contribution is -2.28. The Morgan fingerprint density at radius 3 is 2.67 bits per heavy atom. The molecule has 0 saturated carbocycles. The molecule has 0 fully saturated rings. The van der Waals surface area contributed by atoms with Crippen molar-refractivity contribution in [2.45, 2.75) is 20.4 Å². The summed E-state index contributed by atoms with van der Waals surface area (Å²) >= 11 is 9.28. The Morgan fingerprint density at radius 1 is 1.19 bits per heavy atom. The highest BCUT2D eigenvalue weighted by Crippen LogP contribution is 2.23. The van der Waals surface area contributed by atoms with Crippen LogP contribution in [0.3, 0.4) is 0 Å². The molecule has 0 aliphatic heterocycles. The first-order valence-electron chi connectivity index (χ1n) is 8.29. The fraction of sp³-hybridized carbons (Fsp3) is 0.150. The molecule has 0 spiro atoms. The zero-order valence-corrected chi connectivity index (χ0v) is 17.2. The van der Waals surface area contributed by atoms with Gasteiger partial charge in [-0.3, -0.25) is 0 Å². The topological polar surface area (TPSA) is 46.1 Å². The second-order valence-corrected chi connectivity index (χ2v) is 7.50. The highest BCUT2D eigenvalue weighted by atomic mass is 79.9. The molecule has 2 amide bonds. The predicted octanol–water partition coefficient (Wildman–Crippen LogP) is 5.97. The lowest BCUT2D eigenvalue weighted by molar-refractivity contribution is 0.251. The SMILES string of the molecule is Cc1cc(CNC(=O)Nc2ccc(Br)cc2F)c(C)n1-c1cccc(Cl)c1. The smallest absolute Gasteiger partial charge is 0.319 e. The van der Waals surface area contributed by atoms with E-state index in [1.807, 2.05) is 44.2 Å². The number of halogens is 3. The summed E-state index contributed by atoms with van der Waals surface area (Å²) in [7, 11) is 0. The third kappa shape index (κ3) is 4.51. The van der Waals surface area contributed by atoms with E-state index >= 15 is 0 Å². The summed E-state index contributed by atoms with van der Waals surface area (Å²) in [6.45, 7) is 4.30. The van der Waals surface area contributed by atoms with E-state index in [-0.39, 0.29) is 5.69 Å². The molecule has 3 aromatic rings. The van der Waals surface area contributed by atoms with Crippen LogP contribution in [-0.4, -0.2) is 10.6 Å². The van der Waals surface area contributed by atoms with Crippen LogP contribution < -0.4 is 10.6 Å². The van der Waals surface area contributed by atoms with Crippen molar-refractivity contribution in [3.63, 3.8) is 0 Å². The number of carbonyl (C=O) groups is 1. The summed E-state index contributed by atoms with van der Waals surface area (Å²) in [5, 5.41) is 5.95. The molecule has 27 heavy (non-hydrogen) atoms. The second-order valence-electron chi connectivity index (χ2n) is 6.14. The first-order chi connectivity index (χ1) is 12.8. The Kier molecular flexibility index (Phi) is 5.87. The van der Waals surface area contributed by atoms with Crippen molar-refractivity contribution < 1.29 is 9.18 Å². The van der Waals surface area contributed by atoms with Gasteiger partial charge in [0.2, 0.25) is 0 Å². The molecule has 0 bridgehead atoms. The van der Waals surface area contributed by atoms with Crippen LogP contribution in [0, 0.1) is 19.7 Å². The van der Waals surface area contributed by atoms with E-state index < -0.39 is 11.8 Å². The maximum absolute atomic E-state index is 13.8. The molecule has 0 radical (unpaired) electrons. The predicted molar refractivity (Wildman–Crippen MR) is 110 cm³/mol. The van der Waals surface area contributed by atoms with Gasteiger partial charge in [-0.15, -0.1) is 0 Å². The molecule has 1 heterocycles. The Balaban J connectivity index is 1.71. The van der Waals surface area contributed by atoms with Crippen molar-refractivity contribution in [3.8, 4) is 5.69 Å². The van der Waals surface area contributed by atoms with Gasteiger partial charge in [-0.1, -0.05) is 33.6 Å². The molecule has 0 unspecified atom stereocenters. The molecule has 4 nitrogen and oxygen atoms in total. The van der Waals surface area contributed by atoms with Crippen LogP contribution in [0.15, 0.2) is 53.0 Å². The van der Waals surface area contributed by atoms with Crippen LogP contribution in [-0.2, 0) is 6.54 Å². The van der Waals surface area contributed by atoms with Crippen molar-refractivity contribution in [1.29, 1.82) is 0 Å². The number of hydrogen-bond donors (Lipinski definition) is 2. The van der Waals surface area contributed by atoms with Crippen LogP contribution in [0.2, 0.25) is 5.02 Å². The average molecular weight is 451 g/mol. The van der Waals surface area contributed by atoms with E-state index in [2.05, 4.69) is 31.1 Å². The lowest BCUT2D eigenvalue weighted by atomic mass is 10.2. The highest BCUT2D eigenvalue weighted by molar-refractivity contribution is 9.10. The van der Waals surface area contributed by atoms with Crippen LogP contribution in [0.25, 0.3) is 5.69 Å². The zero-order valence-electron chi connectivity index (χ0n) is 14.8. The van der Waals surface area contributed by atoms with Gasteiger partial charge in [-0.2, -0.15) is 0 Å². The largest absolute Gasteiger partial charge is 0.334 e. The number of amides is 2. The van der Waals surface area contributed by atoms with Crippen LogP contribution in [0.4, 0.5) is 14.9 Å². The van der Waals surface area contributed by atoms with Gasteiger partial charge in [0.15, 0.2) is 0 Å². The highest BCUT2D eigenvalue weighted by Gasteiger charge is 2.13. The summed E-state index contributed by atoms with van der Waals surface area (Å²) in [4.78, 5) is 12.1. The third-order valence-electron chi connectivity index (χ3n) is 4.22. The molecular weight excluding hydrogens is 433 g/mol. The van der Waals surface area contributed by atoms with Gasteiger partial charge >= 0.3 is 6.03 Å². The number of aromatic nitrogens is 1. The summed E-state index contributed by atoms with van der Waals surface area (Å²) in [6.07, 6.45) is 0. The van der Waals surface area contributed by atoms with Gasteiger partial charge in [-0.25, -0.2) is 9.18 Å². The number of rotatable bonds is 4. The average Bonchev–Trinajstić information content (AvgIpc) is 2.89. The normalized spacial score (nSPS) is 10.7. The Morgan fingerprint density at radius 2 is 1.96 bits per heavy atom. The molecule has 2 aromatic carbocycles. The Bertz CT molecular complexity index is 1000. The molecule has 0 aliphatic rings. The summed E-state index contributed by atoms with van der Waals surface area (Å²) in [5.41, 5.74) is 4.10. The summed E-state index contributed by atoms with van der Waals surface area (Å²) in [6, 6.07) is 13.6.